The number of nitrogens with zero attached hydrogens (tertiary/aromatic N) is 3. The lowest BCUT2D eigenvalue weighted by molar-refractivity contribution is 0.101. The van der Waals surface area contributed by atoms with E-state index in [9.17, 15) is 4.79 Å². The Kier molecular flexibility index (Phi) is 5.46. The summed E-state index contributed by atoms with van der Waals surface area (Å²) in [7, 11) is 0. The normalized spacial score (nSPS) is 11.5. The summed E-state index contributed by atoms with van der Waals surface area (Å²) in [5, 5.41) is 13.7. The van der Waals surface area contributed by atoms with E-state index in [2.05, 4.69) is 68.0 Å². The highest BCUT2D eigenvalue weighted by atomic mass is 32.1. The molecule has 1 aromatic carbocycles. The molecular weight excluding hydrogens is 356 g/mol. The number of fused-ring (bicyclic) bond motifs is 1. The summed E-state index contributed by atoms with van der Waals surface area (Å²) in [6.07, 6.45) is 1.81. The van der Waals surface area contributed by atoms with Gasteiger partial charge in [0.05, 0.1) is 0 Å². The zero-order chi connectivity index (χ0) is 19.7. The first-order valence-electron chi connectivity index (χ1n) is 9.21. The van der Waals surface area contributed by atoms with E-state index < -0.39 is 0 Å². The fourth-order valence-electron chi connectivity index (χ4n) is 3.19. The van der Waals surface area contributed by atoms with Crippen molar-refractivity contribution in [1.82, 2.24) is 14.8 Å². The van der Waals surface area contributed by atoms with Crippen molar-refractivity contribution < 1.29 is 4.79 Å². The molecule has 1 N–H and O–H groups in total. The standard InChI is InChI=1S/C21H26N4OS/c1-7-10-25-17-9-8-15(12(2)3)11-16(17)14(6)18(25)19(26)22-21-24-23-20(27-21)13(4)5/h7-9,11-13H,1,10H2,2-6H3,(H,22,24,26). The SMILES string of the molecule is C=CCn1c(C(=O)Nc2nnc(C(C)C)s2)c(C)c2cc(C(C)C)ccc21. The lowest BCUT2D eigenvalue weighted by Gasteiger charge is -2.09. The zero-order valence-electron chi connectivity index (χ0n) is 16.5. The molecule has 0 fully saturated rings. The van der Waals surface area contributed by atoms with E-state index in [1.807, 2.05) is 17.6 Å². The van der Waals surface area contributed by atoms with Gasteiger partial charge in [-0.25, -0.2) is 0 Å². The van der Waals surface area contributed by atoms with Crippen molar-refractivity contribution in [3.05, 3.63) is 52.7 Å². The molecule has 0 aliphatic rings. The number of hydrogen-bond donors (Lipinski definition) is 1. The molecule has 0 unspecified atom stereocenters. The maximum atomic E-state index is 13.1. The van der Waals surface area contributed by atoms with E-state index in [4.69, 9.17) is 0 Å². The number of aryl methyl sites for hydroxylation is 1. The molecule has 0 bridgehead atoms. The first-order chi connectivity index (χ1) is 12.8. The van der Waals surface area contributed by atoms with E-state index in [-0.39, 0.29) is 11.8 Å². The minimum atomic E-state index is -0.164. The Morgan fingerprint density at radius 2 is 2.00 bits per heavy atom. The van der Waals surface area contributed by atoms with Crippen molar-refractivity contribution in [3.8, 4) is 0 Å². The molecular formula is C21H26N4OS. The summed E-state index contributed by atoms with van der Waals surface area (Å²) in [5.74, 6) is 0.560. The van der Waals surface area contributed by atoms with Gasteiger partial charge >= 0.3 is 0 Å². The Morgan fingerprint density at radius 1 is 1.26 bits per heavy atom. The van der Waals surface area contributed by atoms with Gasteiger partial charge in [-0.1, -0.05) is 51.2 Å². The molecule has 0 saturated carbocycles. The highest BCUT2D eigenvalue weighted by molar-refractivity contribution is 7.15. The number of benzene rings is 1. The Bertz CT molecular complexity index is 997. The fraction of sp³-hybridized carbons (Fsp3) is 0.381. The molecule has 142 valence electrons. The van der Waals surface area contributed by atoms with Crippen LogP contribution in [-0.2, 0) is 6.54 Å². The van der Waals surface area contributed by atoms with Crippen molar-refractivity contribution in [1.29, 1.82) is 0 Å². The molecule has 3 rings (SSSR count). The van der Waals surface area contributed by atoms with Crippen molar-refractivity contribution in [3.63, 3.8) is 0 Å². The van der Waals surface area contributed by atoms with Gasteiger partial charge in [0.1, 0.15) is 10.7 Å². The average molecular weight is 383 g/mol. The van der Waals surface area contributed by atoms with Gasteiger partial charge in [-0.3, -0.25) is 10.1 Å². The molecule has 0 saturated heterocycles. The third-order valence-electron chi connectivity index (χ3n) is 4.69. The second-order valence-electron chi connectivity index (χ2n) is 7.36. The summed E-state index contributed by atoms with van der Waals surface area (Å²) in [5.41, 5.74) is 3.92. The molecule has 0 radical (unpaired) electrons. The summed E-state index contributed by atoms with van der Waals surface area (Å²) < 4.78 is 2.02. The van der Waals surface area contributed by atoms with Gasteiger partial charge in [0.2, 0.25) is 5.13 Å². The van der Waals surface area contributed by atoms with Crippen LogP contribution in [0.3, 0.4) is 0 Å². The van der Waals surface area contributed by atoms with Crippen LogP contribution in [0.2, 0.25) is 0 Å². The first kappa shape index (κ1) is 19.3. The van der Waals surface area contributed by atoms with Crippen LogP contribution in [0.4, 0.5) is 5.13 Å². The van der Waals surface area contributed by atoms with Crippen LogP contribution >= 0.6 is 11.3 Å². The van der Waals surface area contributed by atoms with Crippen LogP contribution in [0.25, 0.3) is 10.9 Å². The van der Waals surface area contributed by atoms with Crippen LogP contribution in [0.1, 0.15) is 66.2 Å². The number of anilines is 1. The zero-order valence-corrected chi connectivity index (χ0v) is 17.4. The molecule has 6 heteroatoms. The summed E-state index contributed by atoms with van der Waals surface area (Å²) in [6, 6.07) is 6.42. The van der Waals surface area contributed by atoms with Gasteiger partial charge in [-0.15, -0.1) is 16.8 Å². The Morgan fingerprint density at radius 3 is 2.59 bits per heavy atom. The van der Waals surface area contributed by atoms with Crippen LogP contribution < -0.4 is 5.32 Å². The van der Waals surface area contributed by atoms with Crippen molar-refractivity contribution in [2.24, 2.45) is 0 Å². The minimum absolute atomic E-state index is 0.164. The van der Waals surface area contributed by atoms with Crippen LogP contribution in [-0.4, -0.2) is 20.7 Å². The second kappa shape index (κ2) is 7.64. The highest BCUT2D eigenvalue weighted by Crippen LogP contribution is 2.30. The Labute approximate surface area is 164 Å². The van der Waals surface area contributed by atoms with Gasteiger partial charge in [-0.05, 0) is 36.1 Å². The van der Waals surface area contributed by atoms with Crippen molar-refractivity contribution in [2.45, 2.75) is 53.0 Å². The van der Waals surface area contributed by atoms with E-state index in [0.29, 0.717) is 23.3 Å². The quantitative estimate of drug-likeness (QED) is 0.574. The van der Waals surface area contributed by atoms with Gasteiger partial charge in [0.15, 0.2) is 0 Å². The van der Waals surface area contributed by atoms with Gasteiger partial charge in [0.25, 0.3) is 5.91 Å². The third-order valence-corrected chi connectivity index (χ3v) is 5.83. The summed E-state index contributed by atoms with van der Waals surface area (Å²) in [4.78, 5) is 13.1. The minimum Gasteiger partial charge on any atom is -0.332 e. The molecule has 3 aromatic rings. The largest absolute Gasteiger partial charge is 0.332 e. The summed E-state index contributed by atoms with van der Waals surface area (Å²) in [6.45, 7) is 14.9. The number of carbonyl (C=O) groups is 1. The molecule has 0 spiro atoms. The lowest BCUT2D eigenvalue weighted by atomic mass is 10.0. The molecule has 0 aliphatic heterocycles. The first-order valence-corrected chi connectivity index (χ1v) is 10.0. The number of amides is 1. The summed E-state index contributed by atoms with van der Waals surface area (Å²) >= 11 is 1.42. The molecule has 1 amide bonds. The predicted octanol–water partition coefficient (Wildman–Crippen LogP) is 5.49. The smallest absolute Gasteiger partial charge is 0.274 e. The van der Waals surface area contributed by atoms with Crippen molar-refractivity contribution >= 4 is 33.3 Å². The second-order valence-corrected chi connectivity index (χ2v) is 8.37. The lowest BCUT2D eigenvalue weighted by Crippen LogP contribution is -2.18. The predicted molar refractivity (Wildman–Crippen MR) is 113 cm³/mol. The van der Waals surface area contributed by atoms with E-state index in [1.165, 1.54) is 16.9 Å². The fourth-order valence-corrected chi connectivity index (χ4v) is 3.93. The van der Waals surface area contributed by atoms with Crippen LogP contribution in [0.5, 0.6) is 0 Å². The Hall–Kier alpha value is -2.47. The van der Waals surface area contributed by atoms with E-state index in [1.54, 1.807) is 0 Å². The molecule has 2 heterocycles. The van der Waals surface area contributed by atoms with Gasteiger partial charge in [0, 0.05) is 23.4 Å². The van der Waals surface area contributed by atoms with Gasteiger partial charge in [-0.2, -0.15) is 0 Å². The number of nitrogens with one attached hydrogen (secondary N) is 1. The van der Waals surface area contributed by atoms with Crippen LogP contribution in [0.15, 0.2) is 30.9 Å². The van der Waals surface area contributed by atoms with E-state index >= 15 is 0 Å². The average Bonchev–Trinajstić information content (AvgIpc) is 3.19. The number of aromatic nitrogens is 3. The number of carbonyl (C=O) groups excluding carboxylic acids is 1. The van der Waals surface area contributed by atoms with Crippen LogP contribution in [0, 0.1) is 6.92 Å². The molecule has 5 nitrogen and oxygen atoms in total. The maximum Gasteiger partial charge on any atom is 0.274 e. The van der Waals surface area contributed by atoms with Crippen molar-refractivity contribution in [2.75, 3.05) is 5.32 Å². The van der Waals surface area contributed by atoms with E-state index in [0.717, 1.165) is 21.5 Å². The number of rotatable bonds is 6. The third kappa shape index (κ3) is 3.67. The molecule has 0 aliphatic carbocycles. The highest BCUT2D eigenvalue weighted by Gasteiger charge is 2.21. The molecule has 2 aromatic heterocycles. The topological polar surface area (TPSA) is 59.8 Å². The maximum absolute atomic E-state index is 13.1. The number of allylic oxidation sites excluding steroid dienone is 1. The number of hydrogen-bond acceptors (Lipinski definition) is 4. The Balaban J connectivity index is 2.05. The molecule has 27 heavy (non-hydrogen) atoms. The monoisotopic (exact) mass is 382 g/mol. The van der Waals surface area contributed by atoms with Gasteiger partial charge < -0.3 is 4.57 Å². The molecule has 0 atom stereocenters.